The van der Waals surface area contributed by atoms with Gasteiger partial charge in [-0.2, -0.15) is 13.2 Å². The zero-order valence-corrected chi connectivity index (χ0v) is 21.4. The molecule has 3 aliphatic rings. The highest BCUT2D eigenvalue weighted by Gasteiger charge is 2.45. The summed E-state index contributed by atoms with van der Waals surface area (Å²) in [5.74, 6) is -0.659. The molecule has 202 valence electrons. The molecule has 0 radical (unpaired) electrons. The SMILES string of the molecule is CCNC(=O)Nc1sc2c(c1C(=O)N1CCC3(CC1)CC(=O)c1cc(C(F)(F)F)ccc1O3)CCCC2=O. The second kappa shape index (κ2) is 9.72. The molecule has 1 fully saturated rings. The number of hydrogen-bond donors (Lipinski definition) is 2. The van der Waals surface area contributed by atoms with Gasteiger partial charge in [0.15, 0.2) is 11.6 Å². The van der Waals surface area contributed by atoms with E-state index in [1.165, 1.54) is 6.07 Å². The summed E-state index contributed by atoms with van der Waals surface area (Å²) in [4.78, 5) is 53.4. The van der Waals surface area contributed by atoms with Crippen LogP contribution >= 0.6 is 11.3 Å². The van der Waals surface area contributed by atoms with Gasteiger partial charge in [-0.3, -0.25) is 19.7 Å². The van der Waals surface area contributed by atoms with Gasteiger partial charge in [0.1, 0.15) is 16.4 Å². The van der Waals surface area contributed by atoms with Crippen LogP contribution in [0, 0.1) is 0 Å². The van der Waals surface area contributed by atoms with Crippen LogP contribution in [0.5, 0.6) is 5.75 Å². The molecule has 2 aliphatic heterocycles. The number of piperidine rings is 1. The zero-order valence-electron chi connectivity index (χ0n) is 20.6. The molecule has 5 rings (SSSR count). The van der Waals surface area contributed by atoms with Crippen molar-refractivity contribution >= 4 is 39.8 Å². The third-order valence-corrected chi connectivity index (χ3v) is 8.44. The van der Waals surface area contributed by atoms with Crippen molar-refractivity contribution in [2.75, 3.05) is 25.0 Å². The van der Waals surface area contributed by atoms with Crippen LogP contribution in [0.2, 0.25) is 0 Å². The Kier molecular flexibility index (Phi) is 6.70. The second-order valence-electron chi connectivity index (χ2n) is 9.76. The van der Waals surface area contributed by atoms with E-state index in [1.807, 2.05) is 0 Å². The lowest BCUT2D eigenvalue weighted by molar-refractivity contribution is -0.137. The van der Waals surface area contributed by atoms with Gasteiger partial charge in [0.25, 0.3) is 5.91 Å². The molecule has 2 aromatic rings. The van der Waals surface area contributed by atoms with E-state index in [9.17, 15) is 32.3 Å². The van der Waals surface area contributed by atoms with E-state index in [2.05, 4.69) is 10.6 Å². The number of fused-ring (bicyclic) bond motifs is 2. The Morgan fingerprint density at radius 2 is 1.87 bits per heavy atom. The monoisotopic (exact) mass is 549 g/mol. The first-order chi connectivity index (χ1) is 18.0. The number of halogens is 3. The second-order valence-corrected chi connectivity index (χ2v) is 10.8. The fourth-order valence-corrected chi connectivity index (χ4v) is 6.52. The van der Waals surface area contributed by atoms with Gasteiger partial charge >= 0.3 is 12.2 Å². The first kappa shape index (κ1) is 26.2. The summed E-state index contributed by atoms with van der Waals surface area (Å²) in [7, 11) is 0. The number of nitrogens with zero attached hydrogens (tertiary/aromatic N) is 1. The van der Waals surface area contributed by atoms with Crippen LogP contribution < -0.4 is 15.4 Å². The Morgan fingerprint density at radius 1 is 1.13 bits per heavy atom. The average molecular weight is 550 g/mol. The van der Waals surface area contributed by atoms with Gasteiger partial charge in [0, 0.05) is 38.9 Å². The molecule has 1 aliphatic carbocycles. The van der Waals surface area contributed by atoms with E-state index < -0.39 is 29.2 Å². The number of rotatable bonds is 3. The predicted octanol–water partition coefficient (Wildman–Crippen LogP) is 5.07. The lowest BCUT2D eigenvalue weighted by Crippen LogP contribution is -2.52. The minimum Gasteiger partial charge on any atom is -0.486 e. The number of Topliss-reactive ketones (excluding diaryl/α,β-unsaturated/α-hetero) is 2. The molecule has 0 unspecified atom stereocenters. The summed E-state index contributed by atoms with van der Waals surface area (Å²) in [6.45, 7) is 2.67. The van der Waals surface area contributed by atoms with Gasteiger partial charge in [-0.15, -0.1) is 11.3 Å². The number of ether oxygens (including phenoxy) is 1. The van der Waals surface area contributed by atoms with E-state index in [-0.39, 0.29) is 42.5 Å². The number of nitrogens with one attached hydrogen (secondary N) is 2. The summed E-state index contributed by atoms with van der Waals surface area (Å²) in [6, 6.07) is 2.44. The molecule has 3 amide bonds. The highest BCUT2D eigenvalue weighted by Crippen LogP contribution is 2.43. The normalized spacial score (nSPS) is 18.5. The molecule has 0 atom stereocenters. The highest BCUT2D eigenvalue weighted by molar-refractivity contribution is 7.18. The van der Waals surface area contributed by atoms with Gasteiger partial charge in [0.05, 0.1) is 28.0 Å². The topological polar surface area (TPSA) is 105 Å². The minimum absolute atomic E-state index is 0.0479. The van der Waals surface area contributed by atoms with Crippen molar-refractivity contribution in [2.45, 2.75) is 57.2 Å². The van der Waals surface area contributed by atoms with Crippen LogP contribution in [0.15, 0.2) is 18.2 Å². The van der Waals surface area contributed by atoms with Gasteiger partial charge in [-0.25, -0.2) is 4.79 Å². The Labute approximate surface area is 220 Å². The van der Waals surface area contributed by atoms with Crippen molar-refractivity contribution in [1.82, 2.24) is 10.2 Å². The van der Waals surface area contributed by atoms with Crippen molar-refractivity contribution in [1.29, 1.82) is 0 Å². The maximum Gasteiger partial charge on any atom is 0.416 e. The third kappa shape index (κ3) is 4.77. The van der Waals surface area contributed by atoms with Crippen LogP contribution in [0.4, 0.5) is 23.0 Å². The van der Waals surface area contributed by atoms with Gasteiger partial charge in [-0.05, 0) is 43.5 Å². The average Bonchev–Trinajstić information content (AvgIpc) is 3.22. The van der Waals surface area contributed by atoms with Gasteiger partial charge in [-0.1, -0.05) is 0 Å². The Morgan fingerprint density at radius 3 is 2.55 bits per heavy atom. The molecular weight excluding hydrogens is 523 g/mol. The molecule has 1 spiro atoms. The Balaban J connectivity index is 1.35. The summed E-state index contributed by atoms with van der Waals surface area (Å²) in [5, 5.41) is 5.68. The molecule has 12 heteroatoms. The molecule has 38 heavy (non-hydrogen) atoms. The van der Waals surface area contributed by atoms with Crippen molar-refractivity contribution in [3.63, 3.8) is 0 Å². The molecule has 0 saturated carbocycles. The predicted molar refractivity (Wildman–Crippen MR) is 133 cm³/mol. The van der Waals surface area contributed by atoms with E-state index in [1.54, 1.807) is 11.8 Å². The maximum absolute atomic E-state index is 13.7. The Hall–Kier alpha value is -3.41. The van der Waals surface area contributed by atoms with Crippen LogP contribution in [0.3, 0.4) is 0 Å². The van der Waals surface area contributed by atoms with E-state index in [0.717, 1.165) is 23.5 Å². The lowest BCUT2D eigenvalue weighted by atomic mass is 9.82. The number of carbonyl (C=O) groups excluding carboxylic acids is 4. The summed E-state index contributed by atoms with van der Waals surface area (Å²) in [6.07, 6.45) is -2.43. The van der Waals surface area contributed by atoms with Crippen molar-refractivity contribution < 1.29 is 37.1 Å². The number of amides is 3. The number of urea groups is 1. The number of hydrogen-bond acceptors (Lipinski definition) is 6. The van der Waals surface area contributed by atoms with Crippen molar-refractivity contribution in [3.8, 4) is 5.75 Å². The standard InChI is InChI=1S/C26H26F3N3O5S/c1-2-30-24(36)31-22-20(15-4-3-5-17(33)21(15)38-22)23(35)32-10-8-25(9-11-32)13-18(34)16-12-14(26(27,28)29)6-7-19(16)37-25/h6-7,12H,2-5,8-11,13H2,1H3,(H2,30,31,36). The highest BCUT2D eigenvalue weighted by atomic mass is 32.1. The summed E-state index contributed by atoms with van der Waals surface area (Å²) >= 11 is 1.12. The van der Waals surface area contributed by atoms with E-state index >= 15 is 0 Å². The van der Waals surface area contributed by atoms with Crippen LogP contribution in [-0.2, 0) is 12.6 Å². The molecule has 1 aromatic heterocycles. The molecule has 0 bridgehead atoms. The smallest absolute Gasteiger partial charge is 0.416 e. The number of carbonyl (C=O) groups is 4. The Bertz CT molecular complexity index is 1330. The molecule has 8 nitrogen and oxygen atoms in total. The summed E-state index contributed by atoms with van der Waals surface area (Å²) < 4.78 is 45.4. The largest absolute Gasteiger partial charge is 0.486 e. The fourth-order valence-electron chi connectivity index (χ4n) is 5.32. The number of thiophene rings is 1. The maximum atomic E-state index is 13.7. The number of anilines is 1. The van der Waals surface area contributed by atoms with E-state index in [4.69, 9.17) is 4.74 Å². The third-order valence-electron chi connectivity index (χ3n) is 7.25. The lowest BCUT2D eigenvalue weighted by Gasteiger charge is -2.44. The quantitative estimate of drug-likeness (QED) is 0.557. The van der Waals surface area contributed by atoms with Gasteiger partial charge < -0.3 is 15.0 Å². The molecule has 2 N–H and O–H groups in total. The van der Waals surface area contributed by atoms with Crippen LogP contribution in [0.1, 0.15) is 80.5 Å². The van der Waals surface area contributed by atoms with Crippen LogP contribution in [0.25, 0.3) is 0 Å². The fraction of sp³-hybridized carbons (Fsp3) is 0.462. The minimum atomic E-state index is -4.56. The number of likely N-dealkylation sites (tertiary alicyclic amines) is 1. The molecule has 1 aromatic carbocycles. The molecular formula is C26H26F3N3O5S. The van der Waals surface area contributed by atoms with E-state index in [0.29, 0.717) is 59.7 Å². The number of ketones is 2. The number of benzene rings is 1. The number of alkyl halides is 3. The van der Waals surface area contributed by atoms with Crippen molar-refractivity contribution in [3.05, 3.63) is 45.3 Å². The van der Waals surface area contributed by atoms with Gasteiger partial charge in [0.2, 0.25) is 0 Å². The van der Waals surface area contributed by atoms with Crippen molar-refractivity contribution in [2.24, 2.45) is 0 Å². The van der Waals surface area contributed by atoms with Crippen LogP contribution in [-0.4, -0.2) is 53.6 Å². The first-order valence-electron chi connectivity index (χ1n) is 12.5. The zero-order chi connectivity index (χ0) is 27.2. The summed E-state index contributed by atoms with van der Waals surface area (Å²) in [5.41, 5.74) is -0.918. The molecule has 3 heterocycles. The first-order valence-corrected chi connectivity index (χ1v) is 13.3. The molecule has 1 saturated heterocycles.